The molecule has 2 rings (SSSR count). The lowest BCUT2D eigenvalue weighted by molar-refractivity contribution is -0.130. The topological polar surface area (TPSA) is 32.3 Å². The molecule has 1 heterocycles. The van der Waals surface area contributed by atoms with Gasteiger partial charge >= 0.3 is 0 Å². The van der Waals surface area contributed by atoms with Gasteiger partial charge in [-0.15, -0.1) is 0 Å². The molecule has 3 heteroatoms. The lowest BCUT2D eigenvalue weighted by Gasteiger charge is -2.20. The Morgan fingerprint density at radius 3 is 2.55 bits per heavy atom. The van der Waals surface area contributed by atoms with Gasteiger partial charge in [-0.3, -0.25) is 10.1 Å². The summed E-state index contributed by atoms with van der Waals surface area (Å²) < 4.78 is 0. The Hall–Kier alpha value is -1.35. The first kappa shape index (κ1) is 15.0. The largest absolute Gasteiger partial charge is 0.326 e. The van der Waals surface area contributed by atoms with E-state index in [0.29, 0.717) is 0 Å². The molecule has 3 nitrogen and oxygen atoms in total. The summed E-state index contributed by atoms with van der Waals surface area (Å²) in [7, 11) is 0. The van der Waals surface area contributed by atoms with Crippen molar-refractivity contribution < 1.29 is 4.79 Å². The number of carbonyl (C=O) groups excluding carboxylic acids is 1. The van der Waals surface area contributed by atoms with E-state index in [9.17, 15) is 4.79 Å². The summed E-state index contributed by atoms with van der Waals surface area (Å²) in [6.07, 6.45) is 3.67. The third-order valence-corrected chi connectivity index (χ3v) is 3.97. The molecular weight excluding hydrogens is 248 g/mol. The third-order valence-electron chi connectivity index (χ3n) is 3.97. The number of hydrogen-bond donors (Lipinski definition) is 1. The molecule has 20 heavy (non-hydrogen) atoms. The van der Waals surface area contributed by atoms with Crippen LogP contribution in [0.15, 0.2) is 30.3 Å². The van der Waals surface area contributed by atoms with E-state index in [2.05, 4.69) is 26.1 Å². The van der Waals surface area contributed by atoms with Gasteiger partial charge in [0.15, 0.2) is 0 Å². The van der Waals surface area contributed by atoms with Gasteiger partial charge in [-0.1, -0.05) is 57.0 Å². The molecule has 2 unspecified atom stereocenters. The lowest BCUT2D eigenvalue weighted by atomic mass is 10.1. The summed E-state index contributed by atoms with van der Waals surface area (Å²) in [5, 5.41) is 3.40. The SMILES string of the molecule is CC(C)CCCCN1C(=O)C(c2ccccc2)NC1C. The van der Waals surface area contributed by atoms with Crippen LogP contribution in [0.5, 0.6) is 0 Å². The fourth-order valence-electron chi connectivity index (χ4n) is 2.78. The van der Waals surface area contributed by atoms with Crippen LogP contribution >= 0.6 is 0 Å². The van der Waals surface area contributed by atoms with Crippen molar-refractivity contribution in [1.29, 1.82) is 0 Å². The van der Waals surface area contributed by atoms with Crippen molar-refractivity contribution in [3.63, 3.8) is 0 Å². The summed E-state index contributed by atoms with van der Waals surface area (Å²) >= 11 is 0. The standard InChI is InChI=1S/C17H26N2O/c1-13(2)9-7-8-12-19-14(3)18-16(17(19)20)15-10-5-4-6-11-15/h4-6,10-11,13-14,16,18H,7-9,12H2,1-3H3. The quantitative estimate of drug-likeness (QED) is 0.807. The van der Waals surface area contributed by atoms with Crippen molar-refractivity contribution in [2.24, 2.45) is 5.92 Å². The zero-order chi connectivity index (χ0) is 14.5. The average Bonchev–Trinajstić information content (AvgIpc) is 2.71. The highest BCUT2D eigenvalue weighted by molar-refractivity contribution is 5.85. The van der Waals surface area contributed by atoms with Gasteiger partial charge in [-0.25, -0.2) is 0 Å². The van der Waals surface area contributed by atoms with Crippen molar-refractivity contribution in [2.45, 2.75) is 52.2 Å². The highest BCUT2D eigenvalue weighted by Crippen LogP contribution is 2.24. The summed E-state index contributed by atoms with van der Waals surface area (Å²) in [5.41, 5.74) is 1.06. The Balaban J connectivity index is 1.90. The van der Waals surface area contributed by atoms with Crippen LogP contribution < -0.4 is 5.32 Å². The molecule has 0 spiro atoms. The predicted octanol–water partition coefficient (Wildman–Crippen LogP) is 3.33. The monoisotopic (exact) mass is 274 g/mol. The molecular formula is C17H26N2O. The van der Waals surface area contributed by atoms with Gasteiger partial charge in [-0.05, 0) is 24.8 Å². The maximum atomic E-state index is 12.5. The fraction of sp³-hybridized carbons (Fsp3) is 0.588. The third kappa shape index (κ3) is 3.60. The van der Waals surface area contributed by atoms with Crippen LogP contribution in [0.25, 0.3) is 0 Å². The number of nitrogens with zero attached hydrogens (tertiary/aromatic N) is 1. The molecule has 0 radical (unpaired) electrons. The molecule has 1 aliphatic heterocycles. The molecule has 110 valence electrons. The van der Waals surface area contributed by atoms with Gasteiger partial charge in [0, 0.05) is 6.54 Å². The molecule has 2 atom stereocenters. The fourth-order valence-corrected chi connectivity index (χ4v) is 2.78. The van der Waals surface area contributed by atoms with Crippen LogP contribution in [0.3, 0.4) is 0 Å². The van der Waals surface area contributed by atoms with E-state index in [4.69, 9.17) is 0 Å². The van der Waals surface area contributed by atoms with Crippen LogP contribution in [0.2, 0.25) is 0 Å². The van der Waals surface area contributed by atoms with Crippen molar-refractivity contribution in [1.82, 2.24) is 10.2 Å². The van der Waals surface area contributed by atoms with Gasteiger partial charge < -0.3 is 4.90 Å². The van der Waals surface area contributed by atoms with Gasteiger partial charge in [0.1, 0.15) is 6.04 Å². The summed E-state index contributed by atoms with van der Waals surface area (Å²) in [6, 6.07) is 9.82. The van der Waals surface area contributed by atoms with Crippen LogP contribution in [-0.2, 0) is 4.79 Å². The van der Waals surface area contributed by atoms with E-state index in [1.807, 2.05) is 35.2 Å². The minimum atomic E-state index is -0.170. The van der Waals surface area contributed by atoms with Crippen LogP contribution in [0, 0.1) is 5.92 Å². The maximum absolute atomic E-state index is 12.5. The molecule has 1 aromatic carbocycles. The summed E-state index contributed by atoms with van der Waals surface area (Å²) in [5.74, 6) is 0.963. The maximum Gasteiger partial charge on any atom is 0.245 e. The number of unbranched alkanes of at least 4 members (excludes halogenated alkanes) is 1. The zero-order valence-corrected chi connectivity index (χ0v) is 12.8. The van der Waals surface area contributed by atoms with E-state index < -0.39 is 0 Å². The molecule has 1 saturated heterocycles. The van der Waals surface area contributed by atoms with E-state index in [1.165, 1.54) is 12.8 Å². The van der Waals surface area contributed by atoms with Crippen molar-refractivity contribution in [3.8, 4) is 0 Å². The molecule has 1 aromatic rings. The Morgan fingerprint density at radius 2 is 1.90 bits per heavy atom. The van der Waals surface area contributed by atoms with E-state index in [1.54, 1.807) is 0 Å². The smallest absolute Gasteiger partial charge is 0.245 e. The number of rotatable bonds is 6. The van der Waals surface area contributed by atoms with Crippen molar-refractivity contribution >= 4 is 5.91 Å². The molecule has 0 aliphatic carbocycles. The first-order chi connectivity index (χ1) is 9.59. The Morgan fingerprint density at radius 1 is 1.20 bits per heavy atom. The molecule has 1 aliphatic rings. The molecule has 1 amide bonds. The Labute approximate surface area is 122 Å². The van der Waals surface area contributed by atoms with E-state index in [-0.39, 0.29) is 18.1 Å². The van der Waals surface area contributed by atoms with Gasteiger partial charge in [-0.2, -0.15) is 0 Å². The van der Waals surface area contributed by atoms with Crippen LogP contribution in [0.1, 0.15) is 51.6 Å². The van der Waals surface area contributed by atoms with E-state index >= 15 is 0 Å². The van der Waals surface area contributed by atoms with Crippen molar-refractivity contribution in [3.05, 3.63) is 35.9 Å². The second-order valence-electron chi connectivity index (χ2n) is 6.11. The van der Waals surface area contributed by atoms with Crippen molar-refractivity contribution in [2.75, 3.05) is 6.54 Å². The molecule has 1 N–H and O–H groups in total. The first-order valence-corrected chi connectivity index (χ1v) is 7.71. The van der Waals surface area contributed by atoms with Crippen LogP contribution in [0.4, 0.5) is 0 Å². The summed E-state index contributed by atoms with van der Waals surface area (Å²) in [4.78, 5) is 14.5. The molecule has 0 saturated carbocycles. The minimum absolute atomic E-state index is 0.131. The number of carbonyl (C=O) groups is 1. The second kappa shape index (κ2) is 6.89. The number of hydrogen-bond acceptors (Lipinski definition) is 2. The summed E-state index contributed by atoms with van der Waals surface area (Å²) in [6.45, 7) is 7.43. The number of benzene rings is 1. The predicted molar refractivity (Wildman–Crippen MR) is 82.2 cm³/mol. The number of amides is 1. The number of nitrogens with one attached hydrogen (secondary N) is 1. The Kier molecular flexibility index (Phi) is 5.18. The van der Waals surface area contributed by atoms with Gasteiger partial charge in [0.2, 0.25) is 5.91 Å². The highest BCUT2D eigenvalue weighted by Gasteiger charge is 2.36. The minimum Gasteiger partial charge on any atom is -0.326 e. The lowest BCUT2D eigenvalue weighted by Crippen LogP contribution is -2.35. The normalized spacial score (nSPS) is 22.8. The highest BCUT2D eigenvalue weighted by atomic mass is 16.2. The van der Waals surface area contributed by atoms with E-state index in [0.717, 1.165) is 24.4 Å². The molecule has 0 aromatic heterocycles. The first-order valence-electron chi connectivity index (χ1n) is 7.71. The van der Waals surface area contributed by atoms with Gasteiger partial charge in [0.25, 0.3) is 0 Å². The Bertz CT molecular complexity index is 430. The van der Waals surface area contributed by atoms with Crippen LogP contribution in [-0.4, -0.2) is 23.5 Å². The average molecular weight is 274 g/mol. The molecule has 0 bridgehead atoms. The second-order valence-corrected chi connectivity index (χ2v) is 6.11. The zero-order valence-electron chi connectivity index (χ0n) is 12.8. The van der Waals surface area contributed by atoms with Gasteiger partial charge in [0.05, 0.1) is 6.17 Å². The molecule has 1 fully saturated rings.